The van der Waals surface area contributed by atoms with Gasteiger partial charge in [0.15, 0.2) is 0 Å². The maximum absolute atomic E-state index is 13.9. The number of fused-ring (bicyclic) bond motifs is 1. The van der Waals surface area contributed by atoms with E-state index in [-0.39, 0.29) is 11.9 Å². The van der Waals surface area contributed by atoms with E-state index in [2.05, 4.69) is 10.3 Å². The molecule has 0 unspecified atom stereocenters. The number of aromatic nitrogens is 1. The summed E-state index contributed by atoms with van der Waals surface area (Å²) >= 11 is 0. The molecule has 202 valence electrons. The molecule has 0 aliphatic rings. The highest BCUT2D eigenvalue weighted by atomic mass is 19.4. The lowest BCUT2D eigenvalue weighted by atomic mass is 9.91. The summed E-state index contributed by atoms with van der Waals surface area (Å²) < 4.78 is 41.6. The van der Waals surface area contributed by atoms with Crippen LogP contribution < -0.4 is 5.32 Å². The zero-order chi connectivity index (χ0) is 28.1. The van der Waals surface area contributed by atoms with E-state index in [1.165, 1.54) is 6.07 Å². The molecule has 1 aromatic heterocycles. The number of benzene rings is 4. The number of halogens is 3. The van der Waals surface area contributed by atoms with Gasteiger partial charge in [-0.3, -0.25) is 9.78 Å². The van der Waals surface area contributed by atoms with Crippen molar-refractivity contribution in [1.82, 2.24) is 4.98 Å². The summed E-state index contributed by atoms with van der Waals surface area (Å²) in [5.41, 5.74) is 5.40. The molecule has 5 rings (SSSR count). The molecule has 40 heavy (non-hydrogen) atoms. The van der Waals surface area contributed by atoms with Crippen LogP contribution in [0.15, 0.2) is 103 Å². The number of carboxylic acids is 1. The van der Waals surface area contributed by atoms with Gasteiger partial charge in [0.05, 0.1) is 11.1 Å². The van der Waals surface area contributed by atoms with Gasteiger partial charge in [-0.1, -0.05) is 78.9 Å². The second kappa shape index (κ2) is 11.6. The number of hydrogen-bond acceptors (Lipinski definition) is 3. The van der Waals surface area contributed by atoms with Gasteiger partial charge in [-0.15, -0.1) is 0 Å². The molecule has 0 radical (unpaired) electrons. The first-order valence-corrected chi connectivity index (χ1v) is 12.9. The van der Waals surface area contributed by atoms with Crippen molar-refractivity contribution < 1.29 is 23.1 Å². The van der Waals surface area contributed by atoms with Crippen molar-refractivity contribution in [2.24, 2.45) is 0 Å². The topological polar surface area (TPSA) is 62.2 Å². The van der Waals surface area contributed by atoms with Crippen LogP contribution in [0.4, 0.5) is 18.9 Å². The summed E-state index contributed by atoms with van der Waals surface area (Å²) in [6.45, 7) is 0.537. The Morgan fingerprint density at radius 3 is 2.27 bits per heavy atom. The molecule has 0 saturated heterocycles. The molecule has 0 aliphatic heterocycles. The third-order valence-corrected chi connectivity index (χ3v) is 6.82. The number of pyridine rings is 1. The third-order valence-electron chi connectivity index (χ3n) is 6.82. The van der Waals surface area contributed by atoms with Crippen LogP contribution in [0.2, 0.25) is 0 Å². The van der Waals surface area contributed by atoms with E-state index in [0.29, 0.717) is 24.8 Å². The van der Waals surface area contributed by atoms with Gasteiger partial charge in [-0.05, 0) is 64.4 Å². The summed E-state index contributed by atoms with van der Waals surface area (Å²) in [5, 5.41) is 12.7. The molecule has 2 N–H and O–H groups in total. The average Bonchev–Trinajstić information content (AvgIpc) is 2.95. The van der Waals surface area contributed by atoms with Crippen molar-refractivity contribution in [3.8, 4) is 11.1 Å². The van der Waals surface area contributed by atoms with E-state index in [4.69, 9.17) is 5.11 Å². The summed E-state index contributed by atoms with van der Waals surface area (Å²) in [6, 6.07) is 29.4. The zero-order valence-electron chi connectivity index (χ0n) is 21.6. The lowest BCUT2D eigenvalue weighted by Crippen LogP contribution is -2.07. The highest BCUT2D eigenvalue weighted by Gasteiger charge is 2.33. The maximum atomic E-state index is 13.9. The molecular weight excluding hydrogens is 513 g/mol. The van der Waals surface area contributed by atoms with Gasteiger partial charge in [0.1, 0.15) is 0 Å². The summed E-state index contributed by atoms with van der Waals surface area (Å²) in [5.74, 6) is -0.825. The number of alkyl halides is 3. The molecule has 5 aromatic rings. The number of carbonyl (C=O) groups is 1. The molecule has 0 atom stereocenters. The molecule has 0 fully saturated rings. The number of rotatable bonds is 9. The van der Waals surface area contributed by atoms with E-state index in [1.807, 2.05) is 78.9 Å². The molecule has 0 amide bonds. The average molecular weight is 541 g/mol. The minimum Gasteiger partial charge on any atom is -0.481 e. The van der Waals surface area contributed by atoms with Crippen molar-refractivity contribution in [3.05, 3.63) is 131 Å². The Hall–Kier alpha value is -4.65. The summed E-state index contributed by atoms with van der Waals surface area (Å²) in [6.07, 6.45) is -1.86. The molecule has 1 heterocycles. The van der Waals surface area contributed by atoms with Gasteiger partial charge in [0.2, 0.25) is 0 Å². The molecule has 0 aliphatic carbocycles. The highest BCUT2D eigenvalue weighted by Crippen LogP contribution is 2.39. The molecule has 0 spiro atoms. The predicted molar refractivity (Wildman–Crippen MR) is 151 cm³/mol. The van der Waals surface area contributed by atoms with Crippen LogP contribution in [0.5, 0.6) is 0 Å². The van der Waals surface area contributed by atoms with E-state index in [1.54, 1.807) is 12.3 Å². The SMILES string of the molecule is O=C(O)CCc1ccc(CNc2cccc(-c3c(Cc4ccccc4)cnc4c(C(F)(F)F)cccc34)c2)cc1. The lowest BCUT2D eigenvalue weighted by molar-refractivity contribution is -0.137. The van der Waals surface area contributed by atoms with Gasteiger partial charge in [0.25, 0.3) is 0 Å². The Balaban J connectivity index is 1.48. The van der Waals surface area contributed by atoms with Crippen LogP contribution in [-0.4, -0.2) is 16.1 Å². The quantitative estimate of drug-likeness (QED) is 0.198. The Bertz CT molecular complexity index is 1630. The normalized spacial score (nSPS) is 11.5. The van der Waals surface area contributed by atoms with Crippen LogP contribution in [0.1, 0.15) is 34.2 Å². The van der Waals surface area contributed by atoms with Crippen molar-refractivity contribution in [2.75, 3.05) is 5.32 Å². The van der Waals surface area contributed by atoms with E-state index in [0.717, 1.165) is 45.1 Å². The molecule has 0 bridgehead atoms. The van der Waals surface area contributed by atoms with E-state index in [9.17, 15) is 18.0 Å². The zero-order valence-corrected chi connectivity index (χ0v) is 21.6. The van der Waals surface area contributed by atoms with Crippen molar-refractivity contribution >= 4 is 22.6 Å². The van der Waals surface area contributed by atoms with Gasteiger partial charge in [0, 0.05) is 30.2 Å². The largest absolute Gasteiger partial charge is 0.481 e. The predicted octanol–water partition coefficient (Wildman–Crippen LogP) is 8.14. The van der Waals surface area contributed by atoms with Gasteiger partial charge in [-0.2, -0.15) is 13.2 Å². The van der Waals surface area contributed by atoms with Crippen LogP contribution in [0.25, 0.3) is 22.0 Å². The van der Waals surface area contributed by atoms with Crippen molar-refractivity contribution in [1.29, 1.82) is 0 Å². The molecule has 7 heteroatoms. The third kappa shape index (κ3) is 6.31. The smallest absolute Gasteiger partial charge is 0.418 e. The van der Waals surface area contributed by atoms with Gasteiger partial charge in [-0.25, -0.2) is 0 Å². The fourth-order valence-electron chi connectivity index (χ4n) is 4.85. The number of hydrogen-bond donors (Lipinski definition) is 2. The molecular formula is C33H27F3N2O2. The van der Waals surface area contributed by atoms with Gasteiger partial charge >= 0.3 is 12.1 Å². The van der Waals surface area contributed by atoms with Crippen LogP contribution in [0, 0.1) is 0 Å². The lowest BCUT2D eigenvalue weighted by Gasteiger charge is -2.17. The molecule has 4 nitrogen and oxygen atoms in total. The monoisotopic (exact) mass is 540 g/mol. The number of nitrogens with zero attached hydrogens (tertiary/aromatic N) is 1. The van der Waals surface area contributed by atoms with E-state index < -0.39 is 17.7 Å². The standard InChI is InChI=1S/C33H27F3N2O2/c34-33(35,36)29-11-5-10-28-31(26(21-38-32(28)29)18-23-6-2-1-3-7-23)25-8-4-9-27(19-25)37-20-24-14-12-22(13-15-24)16-17-30(39)40/h1-15,19,21,37H,16-18,20H2,(H,39,40). The molecule has 4 aromatic carbocycles. The van der Waals surface area contributed by atoms with Crippen LogP contribution in [-0.2, 0) is 30.4 Å². The minimum absolute atomic E-state index is 0.0665. The summed E-state index contributed by atoms with van der Waals surface area (Å²) in [7, 11) is 0. The summed E-state index contributed by atoms with van der Waals surface area (Å²) in [4.78, 5) is 15.1. The Morgan fingerprint density at radius 2 is 1.55 bits per heavy atom. The van der Waals surface area contributed by atoms with Gasteiger partial charge < -0.3 is 10.4 Å². The van der Waals surface area contributed by atoms with Crippen molar-refractivity contribution in [3.63, 3.8) is 0 Å². The number of aryl methyl sites for hydroxylation is 1. The first-order chi connectivity index (χ1) is 19.3. The molecule has 0 saturated carbocycles. The van der Waals surface area contributed by atoms with Crippen LogP contribution in [0.3, 0.4) is 0 Å². The Morgan fingerprint density at radius 1 is 0.825 bits per heavy atom. The Kier molecular flexibility index (Phi) is 7.82. The second-order valence-electron chi connectivity index (χ2n) is 9.66. The number of aliphatic carboxylic acids is 1. The van der Waals surface area contributed by atoms with Crippen molar-refractivity contribution in [2.45, 2.75) is 32.0 Å². The first kappa shape index (κ1) is 26.9. The fraction of sp³-hybridized carbons (Fsp3) is 0.152. The second-order valence-corrected chi connectivity index (χ2v) is 9.66. The minimum atomic E-state index is -4.52. The fourth-order valence-corrected chi connectivity index (χ4v) is 4.85. The maximum Gasteiger partial charge on any atom is 0.418 e. The number of anilines is 1. The number of nitrogens with one attached hydrogen (secondary N) is 1. The van der Waals surface area contributed by atoms with E-state index >= 15 is 0 Å². The van der Waals surface area contributed by atoms with Crippen LogP contribution >= 0.6 is 0 Å². The Labute approximate surface area is 230 Å². The number of carboxylic acid groups (broad SMARTS) is 1. The highest BCUT2D eigenvalue weighted by molar-refractivity contribution is 5.98. The first-order valence-electron chi connectivity index (χ1n) is 12.9. The number of para-hydroxylation sites is 1.